The molecule has 1 rings (SSSR count). The highest BCUT2D eigenvalue weighted by Gasteiger charge is 2.13. The fourth-order valence-electron chi connectivity index (χ4n) is 1.95. The third kappa shape index (κ3) is 4.25. The fraction of sp³-hybridized carbons (Fsp3) is 0.467. The van der Waals surface area contributed by atoms with E-state index in [0.29, 0.717) is 12.1 Å². The summed E-state index contributed by atoms with van der Waals surface area (Å²) in [6, 6.07) is 8.00. The maximum absolute atomic E-state index is 11.5. The predicted octanol–water partition coefficient (Wildman–Crippen LogP) is 1.24. The van der Waals surface area contributed by atoms with Crippen molar-refractivity contribution < 1.29 is 4.79 Å². The smallest absolute Gasteiger partial charge is 0.239 e. The number of carbonyl (C=O) groups excluding carboxylic acids is 1. The predicted molar refractivity (Wildman–Crippen MR) is 80.5 cm³/mol. The molecule has 0 heterocycles. The van der Waals surface area contributed by atoms with Crippen LogP contribution in [0.5, 0.6) is 0 Å². The number of hydrogen-bond donors (Lipinski definition) is 2. The van der Waals surface area contributed by atoms with E-state index in [-0.39, 0.29) is 12.5 Å². The summed E-state index contributed by atoms with van der Waals surface area (Å²) in [5.41, 5.74) is 2.48. The molecule has 0 saturated carbocycles. The number of carbonyl (C=O) groups is 1. The van der Waals surface area contributed by atoms with E-state index in [1.54, 1.807) is 7.05 Å². The van der Waals surface area contributed by atoms with Gasteiger partial charge in [-0.2, -0.15) is 5.26 Å². The molecule has 0 radical (unpaired) electrons. The van der Waals surface area contributed by atoms with Crippen molar-refractivity contribution in [1.82, 2.24) is 10.6 Å². The molecule has 0 bridgehead atoms. The molecule has 1 aromatic rings. The van der Waals surface area contributed by atoms with Crippen molar-refractivity contribution in [3.8, 4) is 6.07 Å². The minimum Gasteiger partial charge on any atom is -0.361 e. The number of rotatable bonds is 7. The highest BCUT2D eigenvalue weighted by molar-refractivity contribution is 5.81. The summed E-state index contributed by atoms with van der Waals surface area (Å²) < 4.78 is 0. The van der Waals surface area contributed by atoms with Gasteiger partial charge in [-0.15, -0.1) is 0 Å². The van der Waals surface area contributed by atoms with Crippen molar-refractivity contribution in [2.45, 2.75) is 20.4 Å². The minimum absolute atomic E-state index is 0.0625. The van der Waals surface area contributed by atoms with E-state index in [1.165, 1.54) is 0 Å². The zero-order chi connectivity index (χ0) is 15.0. The van der Waals surface area contributed by atoms with Crippen LogP contribution in [0.2, 0.25) is 0 Å². The summed E-state index contributed by atoms with van der Waals surface area (Å²) >= 11 is 0. The highest BCUT2D eigenvalue weighted by atomic mass is 16.1. The van der Waals surface area contributed by atoms with Gasteiger partial charge in [0.25, 0.3) is 0 Å². The van der Waals surface area contributed by atoms with Gasteiger partial charge in [0.15, 0.2) is 0 Å². The van der Waals surface area contributed by atoms with Crippen LogP contribution in [0.3, 0.4) is 0 Å². The Morgan fingerprint density at radius 3 is 2.70 bits per heavy atom. The minimum atomic E-state index is -0.0625. The van der Waals surface area contributed by atoms with Crippen LogP contribution in [-0.4, -0.2) is 32.6 Å². The van der Waals surface area contributed by atoms with Gasteiger partial charge in [-0.3, -0.25) is 4.79 Å². The first kappa shape index (κ1) is 16.0. The van der Waals surface area contributed by atoms with Gasteiger partial charge in [0.05, 0.1) is 17.8 Å². The Bertz CT molecular complexity index is 493. The van der Waals surface area contributed by atoms with Crippen LogP contribution in [0.15, 0.2) is 18.2 Å². The normalized spacial score (nSPS) is 9.90. The summed E-state index contributed by atoms with van der Waals surface area (Å²) in [6.45, 7) is 6.58. The number of benzene rings is 1. The number of nitrogens with zero attached hydrogens (tertiary/aromatic N) is 2. The van der Waals surface area contributed by atoms with E-state index in [4.69, 9.17) is 0 Å². The molecule has 2 N–H and O–H groups in total. The highest BCUT2D eigenvalue weighted by Crippen LogP contribution is 2.21. The molecule has 0 saturated heterocycles. The van der Waals surface area contributed by atoms with Crippen molar-refractivity contribution in [2.24, 2.45) is 0 Å². The molecule has 0 unspecified atom stereocenters. The average molecular weight is 274 g/mol. The third-order valence-electron chi connectivity index (χ3n) is 3.10. The zero-order valence-corrected chi connectivity index (χ0v) is 12.4. The Labute approximate surface area is 120 Å². The van der Waals surface area contributed by atoms with Crippen LogP contribution in [0.25, 0.3) is 0 Å². The van der Waals surface area contributed by atoms with Crippen LogP contribution in [0.1, 0.15) is 25.0 Å². The van der Waals surface area contributed by atoms with Crippen molar-refractivity contribution in [3.05, 3.63) is 29.3 Å². The van der Waals surface area contributed by atoms with Gasteiger partial charge in [-0.1, -0.05) is 13.0 Å². The molecule has 1 aromatic carbocycles. The van der Waals surface area contributed by atoms with Crippen LogP contribution >= 0.6 is 0 Å². The van der Waals surface area contributed by atoms with Gasteiger partial charge < -0.3 is 15.5 Å². The molecule has 0 aromatic heterocycles. The van der Waals surface area contributed by atoms with Crippen molar-refractivity contribution in [1.29, 1.82) is 5.26 Å². The molecule has 20 heavy (non-hydrogen) atoms. The van der Waals surface area contributed by atoms with Gasteiger partial charge in [0.1, 0.15) is 6.07 Å². The van der Waals surface area contributed by atoms with E-state index in [1.807, 2.05) is 36.9 Å². The van der Waals surface area contributed by atoms with Crippen molar-refractivity contribution in [2.75, 3.05) is 31.6 Å². The van der Waals surface area contributed by atoms with E-state index in [0.717, 1.165) is 24.3 Å². The number of amides is 1. The molecule has 0 aliphatic carbocycles. The van der Waals surface area contributed by atoms with Gasteiger partial charge in [-0.05, 0) is 31.2 Å². The van der Waals surface area contributed by atoms with Crippen LogP contribution in [-0.2, 0) is 11.3 Å². The third-order valence-corrected chi connectivity index (χ3v) is 3.10. The number of nitrogens with one attached hydrogen (secondary N) is 2. The number of nitriles is 1. The lowest BCUT2D eigenvalue weighted by Crippen LogP contribution is -2.35. The maximum Gasteiger partial charge on any atom is 0.239 e. The Morgan fingerprint density at radius 2 is 2.15 bits per heavy atom. The molecular weight excluding hydrogens is 252 g/mol. The van der Waals surface area contributed by atoms with Gasteiger partial charge >= 0.3 is 0 Å². The summed E-state index contributed by atoms with van der Waals surface area (Å²) in [7, 11) is 1.61. The lowest BCUT2D eigenvalue weighted by Gasteiger charge is -2.23. The van der Waals surface area contributed by atoms with Crippen molar-refractivity contribution >= 4 is 11.6 Å². The number of hydrogen-bond acceptors (Lipinski definition) is 4. The Hall–Kier alpha value is -2.06. The molecule has 108 valence electrons. The second kappa shape index (κ2) is 8.18. The number of likely N-dealkylation sites (N-methyl/N-ethyl adjacent to an activating group) is 2. The Balaban J connectivity index is 2.98. The quantitative estimate of drug-likeness (QED) is 0.785. The molecule has 0 aliphatic rings. The summed E-state index contributed by atoms with van der Waals surface area (Å²) in [5, 5.41) is 15.1. The molecule has 5 nitrogen and oxygen atoms in total. The topological polar surface area (TPSA) is 68.2 Å². The van der Waals surface area contributed by atoms with Gasteiger partial charge in [0, 0.05) is 20.1 Å². The molecular formula is C15H22N4O. The fourth-order valence-corrected chi connectivity index (χ4v) is 1.95. The van der Waals surface area contributed by atoms with Crippen LogP contribution < -0.4 is 15.5 Å². The van der Waals surface area contributed by atoms with Gasteiger partial charge in [-0.25, -0.2) is 0 Å². The molecule has 0 aliphatic heterocycles. The first-order chi connectivity index (χ1) is 9.65. The first-order valence-electron chi connectivity index (χ1n) is 6.85. The lowest BCUT2D eigenvalue weighted by atomic mass is 10.1. The molecule has 5 heteroatoms. The summed E-state index contributed by atoms with van der Waals surface area (Å²) in [6.07, 6.45) is 0. The summed E-state index contributed by atoms with van der Waals surface area (Å²) in [5.74, 6) is -0.0625. The monoisotopic (exact) mass is 274 g/mol. The Morgan fingerprint density at radius 1 is 1.40 bits per heavy atom. The van der Waals surface area contributed by atoms with E-state index in [9.17, 15) is 10.1 Å². The second-order valence-electron chi connectivity index (χ2n) is 4.43. The molecule has 0 atom stereocenters. The lowest BCUT2D eigenvalue weighted by molar-refractivity contribution is -0.119. The Kier molecular flexibility index (Phi) is 6.54. The molecule has 1 amide bonds. The maximum atomic E-state index is 11.5. The largest absolute Gasteiger partial charge is 0.361 e. The summed E-state index contributed by atoms with van der Waals surface area (Å²) in [4.78, 5) is 13.4. The average Bonchev–Trinajstić information content (AvgIpc) is 2.50. The van der Waals surface area contributed by atoms with Crippen LogP contribution in [0.4, 0.5) is 5.69 Å². The van der Waals surface area contributed by atoms with E-state index < -0.39 is 0 Å². The standard InChI is InChI=1S/C15H22N4O/c1-4-18-10-12-6-7-14(13(8-12)9-16)19(5-2)11-15(20)17-3/h6-8,18H,4-5,10-11H2,1-3H3,(H,17,20). The van der Waals surface area contributed by atoms with Gasteiger partial charge in [0.2, 0.25) is 5.91 Å². The van der Waals surface area contributed by atoms with Crippen molar-refractivity contribution in [3.63, 3.8) is 0 Å². The second-order valence-corrected chi connectivity index (χ2v) is 4.43. The van der Waals surface area contributed by atoms with Crippen LogP contribution in [0, 0.1) is 11.3 Å². The van der Waals surface area contributed by atoms with E-state index in [2.05, 4.69) is 16.7 Å². The molecule has 0 fully saturated rings. The SMILES string of the molecule is CCNCc1ccc(N(CC)CC(=O)NC)c(C#N)c1. The molecule has 0 spiro atoms. The number of anilines is 1. The van der Waals surface area contributed by atoms with E-state index >= 15 is 0 Å². The zero-order valence-electron chi connectivity index (χ0n) is 12.4. The first-order valence-corrected chi connectivity index (χ1v) is 6.85.